The molecule has 4 heteroatoms. The van der Waals surface area contributed by atoms with E-state index >= 15 is 0 Å². The highest BCUT2D eigenvalue weighted by molar-refractivity contribution is 7.80. The molecule has 1 rings (SSSR count). The normalized spacial score (nSPS) is 20.2. The molecular weight excluding hydrogens is 186 g/mol. The van der Waals surface area contributed by atoms with Gasteiger partial charge in [0.1, 0.15) is 6.04 Å². The minimum absolute atomic E-state index is 0.318. The van der Waals surface area contributed by atoms with Crippen molar-refractivity contribution in [3.8, 4) is 0 Å². The Morgan fingerprint density at radius 2 is 2.15 bits per heavy atom. The van der Waals surface area contributed by atoms with Crippen molar-refractivity contribution in [2.24, 2.45) is 11.7 Å². The first-order valence-electron chi connectivity index (χ1n) is 4.77. The molecule has 1 aliphatic carbocycles. The first-order chi connectivity index (χ1) is 6.24. The molecule has 1 saturated carbocycles. The van der Waals surface area contributed by atoms with E-state index in [2.05, 4.69) is 12.6 Å². The maximum atomic E-state index is 11.1. The van der Waals surface area contributed by atoms with Crippen LogP contribution in [0.4, 0.5) is 0 Å². The highest BCUT2D eigenvalue weighted by Crippen LogP contribution is 2.24. The summed E-state index contributed by atoms with van der Waals surface area (Å²) in [6.07, 6.45) is 4.90. The Balaban J connectivity index is 2.13. The maximum absolute atomic E-state index is 11.1. The summed E-state index contributed by atoms with van der Waals surface area (Å²) < 4.78 is 5.07. The zero-order chi connectivity index (χ0) is 9.68. The molecule has 0 aromatic heterocycles. The van der Waals surface area contributed by atoms with Gasteiger partial charge in [0.15, 0.2) is 0 Å². The van der Waals surface area contributed by atoms with E-state index in [0.29, 0.717) is 18.3 Å². The van der Waals surface area contributed by atoms with Crippen molar-refractivity contribution in [1.29, 1.82) is 0 Å². The van der Waals surface area contributed by atoms with Crippen molar-refractivity contribution < 1.29 is 9.53 Å². The van der Waals surface area contributed by atoms with Gasteiger partial charge in [0.05, 0.1) is 6.61 Å². The Hall–Kier alpha value is -0.220. The summed E-state index contributed by atoms with van der Waals surface area (Å²) in [4.78, 5) is 11.1. The molecule has 0 unspecified atom stereocenters. The summed E-state index contributed by atoms with van der Waals surface area (Å²) in [6, 6.07) is -0.565. The first kappa shape index (κ1) is 10.9. The summed E-state index contributed by atoms with van der Waals surface area (Å²) in [5.41, 5.74) is 5.45. The van der Waals surface area contributed by atoms with Crippen LogP contribution in [0.15, 0.2) is 0 Å². The monoisotopic (exact) mass is 203 g/mol. The molecule has 0 aromatic carbocycles. The van der Waals surface area contributed by atoms with Gasteiger partial charge in [0.25, 0.3) is 0 Å². The number of carbonyl (C=O) groups excluding carboxylic acids is 1. The molecule has 0 amide bonds. The van der Waals surface area contributed by atoms with E-state index in [9.17, 15) is 4.79 Å². The van der Waals surface area contributed by atoms with Crippen LogP contribution in [0.1, 0.15) is 25.7 Å². The Morgan fingerprint density at radius 1 is 1.54 bits per heavy atom. The van der Waals surface area contributed by atoms with E-state index in [1.54, 1.807) is 0 Å². The van der Waals surface area contributed by atoms with Crippen LogP contribution in [0.2, 0.25) is 0 Å². The molecule has 1 fully saturated rings. The fraction of sp³-hybridized carbons (Fsp3) is 0.889. The number of hydrogen-bond donors (Lipinski definition) is 2. The van der Waals surface area contributed by atoms with Gasteiger partial charge in [-0.1, -0.05) is 12.8 Å². The van der Waals surface area contributed by atoms with Gasteiger partial charge in [0.2, 0.25) is 0 Å². The molecule has 0 bridgehead atoms. The third-order valence-corrected chi connectivity index (χ3v) is 2.83. The number of carbonyl (C=O) groups is 1. The van der Waals surface area contributed by atoms with Crippen LogP contribution >= 0.6 is 12.6 Å². The predicted octanol–water partition coefficient (Wildman–Crippen LogP) is 0.977. The van der Waals surface area contributed by atoms with Crippen molar-refractivity contribution in [2.75, 3.05) is 12.4 Å². The lowest BCUT2D eigenvalue weighted by atomic mass is 10.1. The van der Waals surface area contributed by atoms with Gasteiger partial charge in [-0.05, 0) is 18.8 Å². The van der Waals surface area contributed by atoms with Crippen LogP contribution in [0.25, 0.3) is 0 Å². The molecule has 0 spiro atoms. The minimum Gasteiger partial charge on any atom is -0.464 e. The molecule has 13 heavy (non-hydrogen) atoms. The van der Waals surface area contributed by atoms with Gasteiger partial charge in [-0.15, -0.1) is 0 Å². The predicted molar refractivity (Wildman–Crippen MR) is 54.7 cm³/mol. The Morgan fingerprint density at radius 3 is 2.69 bits per heavy atom. The SMILES string of the molecule is N[C@H](CS)C(=O)OCC1CCCC1. The second-order valence-corrected chi connectivity index (χ2v) is 3.93. The van der Waals surface area contributed by atoms with Gasteiger partial charge in [-0.2, -0.15) is 12.6 Å². The van der Waals surface area contributed by atoms with Gasteiger partial charge in [-0.3, -0.25) is 4.79 Å². The van der Waals surface area contributed by atoms with E-state index in [1.807, 2.05) is 0 Å². The number of ether oxygens (including phenoxy) is 1. The van der Waals surface area contributed by atoms with Crippen LogP contribution in [-0.2, 0) is 9.53 Å². The zero-order valence-corrected chi connectivity index (χ0v) is 8.63. The fourth-order valence-corrected chi connectivity index (χ4v) is 1.71. The van der Waals surface area contributed by atoms with E-state index in [0.717, 1.165) is 0 Å². The van der Waals surface area contributed by atoms with E-state index in [1.165, 1.54) is 25.7 Å². The van der Waals surface area contributed by atoms with E-state index in [-0.39, 0.29) is 5.97 Å². The summed E-state index contributed by atoms with van der Waals surface area (Å²) in [7, 11) is 0. The van der Waals surface area contributed by atoms with E-state index in [4.69, 9.17) is 10.5 Å². The van der Waals surface area contributed by atoms with Crippen molar-refractivity contribution in [2.45, 2.75) is 31.7 Å². The topological polar surface area (TPSA) is 52.3 Å². The summed E-state index contributed by atoms with van der Waals surface area (Å²) in [5, 5.41) is 0. The molecule has 1 aliphatic rings. The van der Waals surface area contributed by atoms with Crippen LogP contribution in [0.5, 0.6) is 0 Å². The highest BCUT2D eigenvalue weighted by Gasteiger charge is 2.19. The summed E-state index contributed by atoms with van der Waals surface area (Å²) >= 11 is 3.93. The molecular formula is C9H17NO2S. The summed E-state index contributed by atoms with van der Waals surface area (Å²) in [5.74, 6) is 0.599. The van der Waals surface area contributed by atoms with Gasteiger partial charge in [0, 0.05) is 5.75 Å². The lowest BCUT2D eigenvalue weighted by Gasteiger charge is -2.12. The van der Waals surface area contributed by atoms with Crippen LogP contribution < -0.4 is 5.73 Å². The van der Waals surface area contributed by atoms with Gasteiger partial charge in [-0.25, -0.2) is 0 Å². The second kappa shape index (κ2) is 5.50. The highest BCUT2D eigenvalue weighted by atomic mass is 32.1. The zero-order valence-electron chi connectivity index (χ0n) is 7.74. The number of rotatable bonds is 4. The first-order valence-corrected chi connectivity index (χ1v) is 5.40. The number of hydrogen-bond acceptors (Lipinski definition) is 4. The average molecular weight is 203 g/mol. The Bertz CT molecular complexity index is 169. The quantitative estimate of drug-likeness (QED) is 0.529. The molecule has 0 aromatic rings. The lowest BCUT2D eigenvalue weighted by Crippen LogP contribution is -2.34. The average Bonchev–Trinajstić information content (AvgIpc) is 2.65. The Kier molecular flexibility index (Phi) is 4.59. The van der Waals surface area contributed by atoms with Crippen LogP contribution in [-0.4, -0.2) is 24.4 Å². The molecule has 0 heterocycles. The van der Waals surface area contributed by atoms with Gasteiger partial charge < -0.3 is 10.5 Å². The molecule has 1 atom stereocenters. The van der Waals surface area contributed by atoms with Crippen molar-refractivity contribution in [3.05, 3.63) is 0 Å². The van der Waals surface area contributed by atoms with Gasteiger partial charge >= 0.3 is 5.97 Å². The molecule has 76 valence electrons. The molecule has 0 saturated heterocycles. The minimum atomic E-state index is -0.565. The number of nitrogens with two attached hydrogens (primary N) is 1. The molecule has 2 N–H and O–H groups in total. The fourth-order valence-electron chi connectivity index (χ4n) is 1.56. The number of esters is 1. The van der Waals surface area contributed by atoms with Crippen LogP contribution in [0.3, 0.4) is 0 Å². The molecule has 0 aliphatic heterocycles. The van der Waals surface area contributed by atoms with E-state index < -0.39 is 6.04 Å². The smallest absolute Gasteiger partial charge is 0.323 e. The largest absolute Gasteiger partial charge is 0.464 e. The van der Waals surface area contributed by atoms with Crippen molar-refractivity contribution in [3.63, 3.8) is 0 Å². The Labute approximate surface area is 84.4 Å². The summed E-state index contributed by atoms with van der Waals surface area (Å²) in [6.45, 7) is 0.542. The third kappa shape index (κ3) is 3.56. The second-order valence-electron chi connectivity index (χ2n) is 3.57. The molecule has 0 radical (unpaired) electrons. The number of thiol groups is 1. The van der Waals surface area contributed by atoms with Crippen LogP contribution in [0, 0.1) is 5.92 Å². The lowest BCUT2D eigenvalue weighted by molar-refractivity contribution is -0.145. The molecule has 3 nitrogen and oxygen atoms in total. The maximum Gasteiger partial charge on any atom is 0.323 e. The third-order valence-electron chi connectivity index (χ3n) is 2.44. The van der Waals surface area contributed by atoms with Crippen molar-refractivity contribution >= 4 is 18.6 Å². The van der Waals surface area contributed by atoms with Crippen molar-refractivity contribution in [1.82, 2.24) is 0 Å². The standard InChI is InChI=1S/C9H17NO2S/c10-8(6-13)9(11)12-5-7-3-1-2-4-7/h7-8,13H,1-6,10H2/t8-/m1/s1.